The Morgan fingerprint density at radius 3 is 2.84 bits per heavy atom. The largest absolute Gasteiger partial charge is 0.474 e. The molecule has 172 valence electrons. The zero-order valence-corrected chi connectivity index (χ0v) is 18.2. The highest BCUT2D eigenvalue weighted by Gasteiger charge is 2.34. The third-order valence-electron chi connectivity index (χ3n) is 6.23. The quantitative estimate of drug-likeness (QED) is 0.639. The number of alkyl halides is 1. The number of fused-ring (bicyclic) bond motifs is 3. The number of amides is 2. The number of nitrogens with zero attached hydrogens (tertiary/aromatic N) is 2. The molecule has 0 bridgehead atoms. The number of aromatic nitrogens is 2. The molecular formula is C20H23F2N5O4S. The highest BCUT2D eigenvalue weighted by atomic mass is 32.2. The summed E-state index contributed by atoms with van der Waals surface area (Å²) in [5.74, 6) is -0.233. The highest BCUT2D eigenvalue weighted by molar-refractivity contribution is 7.91. The van der Waals surface area contributed by atoms with Crippen LogP contribution in [0.2, 0.25) is 0 Å². The van der Waals surface area contributed by atoms with E-state index in [1.807, 2.05) is 0 Å². The fourth-order valence-electron chi connectivity index (χ4n) is 4.73. The van der Waals surface area contributed by atoms with Gasteiger partial charge in [0.15, 0.2) is 9.92 Å². The van der Waals surface area contributed by atoms with Gasteiger partial charge in [-0.15, -0.1) is 0 Å². The number of carbonyl (C=O) groups is 1. The van der Waals surface area contributed by atoms with Gasteiger partial charge in [0.25, 0.3) is 0 Å². The molecule has 2 aliphatic carbocycles. The van der Waals surface area contributed by atoms with E-state index in [4.69, 9.17) is 14.3 Å². The molecule has 1 aromatic heterocycles. The number of methoxy groups -OCH3 is 1. The number of urea groups is 1. The van der Waals surface area contributed by atoms with Crippen LogP contribution in [0.25, 0.3) is 0 Å². The van der Waals surface area contributed by atoms with E-state index in [2.05, 4.69) is 15.1 Å². The van der Waals surface area contributed by atoms with Crippen molar-refractivity contribution in [2.45, 2.75) is 55.8 Å². The molecule has 5 rings (SSSR count). The summed E-state index contributed by atoms with van der Waals surface area (Å²) in [6, 6.07) is -0.888. The van der Waals surface area contributed by atoms with Gasteiger partial charge in [-0.2, -0.15) is 5.10 Å². The minimum atomic E-state index is -3.81. The average molecular weight is 467 g/mol. The Bertz CT molecular complexity index is 1210. The Balaban J connectivity index is 1.40. The summed E-state index contributed by atoms with van der Waals surface area (Å²) in [5, 5.41) is 6.72. The molecule has 0 spiro atoms. The van der Waals surface area contributed by atoms with Gasteiger partial charge in [-0.05, 0) is 41.5 Å². The number of anilines is 1. The number of nitrogens with one attached hydrogen (secondary N) is 3. The number of halogens is 2. The summed E-state index contributed by atoms with van der Waals surface area (Å²) in [4.78, 5) is 12.7. The SMILES string of the molecule is CO[C@@H]1COc2c(S(=N)(=O)NC(=O)Nc3c4c(c(F)c5c3C[C@H](F)C5)CCC4)cnn2C1. The van der Waals surface area contributed by atoms with Gasteiger partial charge in [0.1, 0.15) is 29.6 Å². The molecule has 0 radical (unpaired) electrons. The monoisotopic (exact) mass is 467 g/mol. The van der Waals surface area contributed by atoms with Crippen molar-refractivity contribution in [1.82, 2.24) is 14.5 Å². The highest BCUT2D eigenvalue weighted by Crippen LogP contribution is 2.41. The molecule has 1 unspecified atom stereocenters. The number of benzene rings is 1. The molecule has 3 aliphatic rings. The Morgan fingerprint density at radius 2 is 2.06 bits per heavy atom. The molecular weight excluding hydrogens is 444 g/mol. The smallest absolute Gasteiger partial charge is 0.331 e. The second kappa shape index (κ2) is 7.69. The molecule has 0 fully saturated rings. The van der Waals surface area contributed by atoms with Crippen LogP contribution >= 0.6 is 0 Å². The molecule has 2 heterocycles. The third kappa shape index (κ3) is 3.41. The van der Waals surface area contributed by atoms with Crippen LogP contribution in [-0.2, 0) is 46.9 Å². The van der Waals surface area contributed by atoms with Gasteiger partial charge in [-0.25, -0.2) is 32.0 Å². The van der Waals surface area contributed by atoms with Gasteiger partial charge in [0.2, 0.25) is 5.88 Å². The van der Waals surface area contributed by atoms with Crippen LogP contribution in [0.3, 0.4) is 0 Å². The van der Waals surface area contributed by atoms with Crippen molar-refractivity contribution in [2.24, 2.45) is 0 Å². The second-order valence-corrected chi connectivity index (χ2v) is 10.00. The van der Waals surface area contributed by atoms with Crippen LogP contribution < -0.4 is 14.8 Å². The molecule has 2 aromatic rings. The topological polar surface area (TPSA) is 118 Å². The van der Waals surface area contributed by atoms with Gasteiger partial charge in [0.05, 0.1) is 12.7 Å². The summed E-state index contributed by atoms with van der Waals surface area (Å²) in [6.45, 7) is 0.570. The van der Waals surface area contributed by atoms with Crippen molar-refractivity contribution >= 4 is 21.6 Å². The van der Waals surface area contributed by atoms with Gasteiger partial charge in [-0.1, -0.05) is 0 Å². The van der Waals surface area contributed by atoms with Crippen LogP contribution in [0.1, 0.15) is 28.7 Å². The summed E-state index contributed by atoms with van der Waals surface area (Å²) in [7, 11) is -2.27. The number of ether oxygens (including phenoxy) is 2. The lowest BCUT2D eigenvalue weighted by Gasteiger charge is -2.23. The van der Waals surface area contributed by atoms with Crippen molar-refractivity contribution in [1.29, 1.82) is 4.78 Å². The van der Waals surface area contributed by atoms with E-state index in [0.29, 0.717) is 47.3 Å². The van der Waals surface area contributed by atoms with E-state index >= 15 is 0 Å². The van der Waals surface area contributed by atoms with Crippen molar-refractivity contribution < 1.29 is 27.3 Å². The van der Waals surface area contributed by atoms with E-state index < -0.39 is 22.1 Å². The van der Waals surface area contributed by atoms with Crippen molar-refractivity contribution in [3.05, 3.63) is 34.3 Å². The molecule has 9 nitrogen and oxygen atoms in total. The fraction of sp³-hybridized carbons (Fsp3) is 0.500. The van der Waals surface area contributed by atoms with Crippen LogP contribution in [0.5, 0.6) is 5.88 Å². The van der Waals surface area contributed by atoms with Crippen molar-refractivity contribution in [2.75, 3.05) is 19.0 Å². The predicted octanol–water partition coefficient (Wildman–Crippen LogP) is 2.50. The fourth-order valence-corrected chi connectivity index (χ4v) is 5.76. The van der Waals surface area contributed by atoms with Crippen LogP contribution in [0.15, 0.2) is 11.1 Å². The lowest BCUT2D eigenvalue weighted by Crippen LogP contribution is -2.35. The maximum atomic E-state index is 14.8. The normalized spacial score (nSPS) is 23.0. The molecule has 0 saturated heterocycles. The molecule has 32 heavy (non-hydrogen) atoms. The Hall–Kier alpha value is -2.73. The molecule has 12 heteroatoms. The third-order valence-corrected chi connectivity index (χ3v) is 7.60. The molecule has 0 saturated carbocycles. The second-order valence-electron chi connectivity index (χ2n) is 8.24. The number of hydrogen-bond donors (Lipinski definition) is 3. The van der Waals surface area contributed by atoms with Crippen LogP contribution in [-0.4, -0.2) is 46.0 Å². The van der Waals surface area contributed by atoms with Crippen molar-refractivity contribution in [3.63, 3.8) is 0 Å². The minimum Gasteiger partial charge on any atom is -0.474 e. The summed E-state index contributed by atoms with van der Waals surface area (Å²) in [5.41, 5.74) is 2.27. The predicted molar refractivity (Wildman–Crippen MR) is 111 cm³/mol. The standard InChI is InChI=1S/C20H23F2N5O4S/c1-30-11-8-27-19(31-9-11)16(7-24-27)32(23,29)26-20(28)25-18-13-4-2-3-12(13)17(22)14-5-10(21)6-15(14)18/h7,10-11H,2-6,8-9H2,1H3,(H3,23,25,26,28,29)/t10-,11+,32?/m1/s1. The van der Waals surface area contributed by atoms with E-state index in [1.165, 1.54) is 18.0 Å². The van der Waals surface area contributed by atoms with Crippen LogP contribution in [0.4, 0.5) is 19.3 Å². The summed E-state index contributed by atoms with van der Waals surface area (Å²) < 4.78 is 64.6. The first kappa shape index (κ1) is 21.1. The van der Waals surface area contributed by atoms with Gasteiger partial charge >= 0.3 is 6.03 Å². The molecule has 1 aromatic carbocycles. The van der Waals surface area contributed by atoms with E-state index in [-0.39, 0.29) is 42.1 Å². The molecule has 3 atom stereocenters. The van der Waals surface area contributed by atoms with Crippen LogP contribution in [0, 0.1) is 10.6 Å². The molecule has 3 N–H and O–H groups in total. The first-order valence-electron chi connectivity index (χ1n) is 10.4. The Labute approximate surface area is 183 Å². The van der Waals surface area contributed by atoms with Gasteiger partial charge < -0.3 is 14.8 Å². The first-order chi connectivity index (χ1) is 15.3. The lowest BCUT2D eigenvalue weighted by molar-refractivity contribution is 0.0165. The van der Waals surface area contributed by atoms with Gasteiger partial charge in [0, 0.05) is 25.6 Å². The number of carbonyl (C=O) groups excluding carboxylic acids is 1. The van der Waals surface area contributed by atoms with Gasteiger partial charge in [-0.3, -0.25) is 0 Å². The maximum absolute atomic E-state index is 14.8. The zero-order valence-electron chi connectivity index (χ0n) is 17.4. The van der Waals surface area contributed by atoms with E-state index in [1.54, 1.807) is 0 Å². The first-order valence-corrected chi connectivity index (χ1v) is 11.9. The number of rotatable bonds is 4. The molecule has 1 aliphatic heterocycles. The summed E-state index contributed by atoms with van der Waals surface area (Å²) in [6.07, 6.45) is 1.60. The lowest BCUT2D eigenvalue weighted by atomic mass is 9.98. The van der Waals surface area contributed by atoms with E-state index in [9.17, 15) is 17.8 Å². The summed E-state index contributed by atoms with van der Waals surface area (Å²) >= 11 is 0. The number of hydrogen-bond acceptors (Lipinski definition) is 6. The Kier molecular flexibility index (Phi) is 5.08. The minimum absolute atomic E-state index is 0.0107. The zero-order chi connectivity index (χ0) is 22.6. The maximum Gasteiger partial charge on any atom is 0.331 e. The van der Waals surface area contributed by atoms with Crippen molar-refractivity contribution in [3.8, 4) is 5.88 Å². The molecule has 2 amide bonds. The van der Waals surface area contributed by atoms with E-state index in [0.717, 1.165) is 6.42 Å². The Morgan fingerprint density at radius 1 is 1.31 bits per heavy atom. The average Bonchev–Trinajstić information content (AvgIpc) is 3.48.